The van der Waals surface area contributed by atoms with E-state index in [1.165, 1.54) is 0 Å². The van der Waals surface area contributed by atoms with E-state index < -0.39 is 28.2 Å². The van der Waals surface area contributed by atoms with E-state index >= 15 is 4.79 Å². The minimum absolute atomic E-state index is 0.0146. The van der Waals surface area contributed by atoms with Crippen LogP contribution in [0.2, 0.25) is 0 Å². The van der Waals surface area contributed by atoms with Crippen molar-refractivity contribution in [1.29, 1.82) is 0 Å². The summed E-state index contributed by atoms with van der Waals surface area (Å²) >= 11 is 1.73. The van der Waals surface area contributed by atoms with Crippen LogP contribution >= 0.6 is 11.8 Å². The number of carbonyl (C=O) groups excluding carboxylic acids is 3. The predicted octanol–water partition coefficient (Wildman–Crippen LogP) is 6.32. The number of unbranched alkanes of at least 4 members (excludes halogenated alkanes) is 3. The lowest BCUT2D eigenvalue weighted by molar-refractivity contribution is -0.146. The summed E-state index contributed by atoms with van der Waals surface area (Å²) in [6, 6.07) is 8.95. The van der Waals surface area contributed by atoms with Crippen LogP contribution in [0, 0.1) is 23.2 Å². The van der Waals surface area contributed by atoms with Crippen molar-refractivity contribution in [3.8, 4) is 0 Å². The lowest BCUT2D eigenvalue weighted by Crippen LogP contribution is -2.61. The van der Waals surface area contributed by atoms with Gasteiger partial charge in [0.2, 0.25) is 17.7 Å². The van der Waals surface area contributed by atoms with Crippen LogP contribution in [0.1, 0.15) is 80.1 Å². The van der Waals surface area contributed by atoms with E-state index in [1.807, 2.05) is 40.1 Å². The Morgan fingerprint density at radius 2 is 1.67 bits per heavy atom. The minimum Gasteiger partial charge on any atom is -0.396 e. The van der Waals surface area contributed by atoms with Crippen molar-refractivity contribution in [3.63, 3.8) is 0 Å². The third-order valence-electron chi connectivity index (χ3n) is 9.99. The van der Waals surface area contributed by atoms with Crippen LogP contribution in [0.25, 0.3) is 0 Å². The molecule has 3 heterocycles. The van der Waals surface area contributed by atoms with Gasteiger partial charge in [0, 0.05) is 42.7 Å². The fraction of sp³-hybridized carbons (Fsp3) is 0.649. The highest BCUT2D eigenvalue weighted by atomic mass is 32.2. The Morgan fingerprint density at radius 3 is 2.27 bits per heavy atom. The molecular formula is C37H55N3O4S. The Hall–Kier alpha value is -2.58. The van der Waals surface area contributed by atoms with Crippen molar-refractivity contribution < 1.29 is 19.5 Å². The SMILES string of the molecule is C=CCN(C(=O)[C@@H]1[C@@H]2CC(C)C3(S2)C(C(=O)N(CC=C)C(C)(C)CC(C)(C)C)N(CCCCCCO)C(=O)[C@H]13)c1ccccc1. The van der Waals surface area contributed by atoms with Crippen molar-refractivity contribution in [2.45, 2.75) is 102 Å². The van der Waals surface area contributed by atoms with Crippen LogP contribution in [0.3, 0.4) is 0 Å². The van der Waals surface area contributed by atoms with Gasteiger partial charge in [0.25, 0.3) is 0 Å². The molecule has 1 spiro atoms. The number of rotatable bonds is 15. The summed E-state index contributed by atoms with van der Waals surface area (Å²) in [7, 11) is 0. The zero-order valence-electron chi connectivity index (χ0n) is 28.3. The summed E-state index contributed by atoms with van der Waals surface area (Å²) in [6.45, 7) is 22.2. The van der Waals surface area contributed by atoms with Gasteiger partial charge in [0.1, 0.15) is 6.04 Å². The van der Waals surface area contributed by atoms with Crippen LogP contribution in [-0.4, -0.2) is 80.4 Å². The number of fused-ring (bicyclic) bond motifs is 1. The summed E-state index contributed by atoms with van der Waals surface area (Å²) in [6.07, 6.45) is 8.31. The number of benzene rings is 1. The van der Waals surface area contributed by atoms with Gasteiger partial charge in [-0.05, 0) is 63.0 Å². The quantitative estimate of drug-likeness (QED) is 0.180. The Kier molecular flexibility index (Phi) is 11.0. The van der Waals surface area contributed by atoms with E-state index in [-0.39, 0.29) is 40.9 Å². The largest absolute Gasteiger partial charge is 0.396 e. The molecule has 6 atom stereocenters. The van der Waals surface area contributed by atoms with Crippen molar-refractivity contribution >= 4 is 35.2 Å². The highest BCUT2D eigenvalue weighted by Gasteiger charge is 2.76. The molecule has 2 bridgehead atoms. The Bertz CT molecular complexity index is 1240. The zero-order chi connectivity index (χ0) is 33.2. The Labute approximate surface area is 275 Å². The number of amides is 3. The first-order chi connectivity index (χ1) is 21.2. The summed E-state index contributed by atoms with van der Waals surface area (Å²) in [5, 5.41) is 9.26. The molecule has 1 aromatic rings. The number of anilines is 1. The van der Waals surface area contributed by atoms with Gasteiger partial charge in [-0.25, -0.2) is 0 Å². The lowest BCUT2D eigenvalue weighted by atomic mass is 9.65. The third kappa shape index (κ3) is 6.78. The monoisotopic (exact) mass is 637 g/mol. The maximum Gasteiger partial charge on any atom is 0.247 e. The molecule has 8 heteroatoms. The van der Waals surface area contributed by atoms with E-state index in [1.54, 1.807) is 28.8 Å². The molecule has 0 saturated carbocycles. The number of likely N-dealkylation sites (tertiary alicyclic amines) is 1. The van der Waals surface area contributed by atoms with Crippen LogP contribution in [0.5, 0.6) is 0 Å². The maximum absolute atomic E-state index is 15.1. The second-order valence-electron chi connectivity index (χ2n) is 15.1. The second kappa shape index (κ2) is 14.0. The molecule has 3 aliphatic heterocycles. The van der Waals surface area contributed by atoms with E-state index in [2.05, 4.69) is 54.7 Å². The molecule has 248 valence electrons. The fourth-order valence-corrected chi connectivity index (χ4v) is 11.0. The maximum atomic E-state index is 15.1. The van der Waals surface area contributed by atoms with Crippen molar-refractivity contribution in [3.05, 3.63) is 55.6 Å². The molecular weight excluding hydrogens is 582 g/mol. The van der Waals surface area contributed by atoms with E-state index in [9.17, 15) is 14.7 Å². The number of carbonyl (C=O) groups is 3. The van der Waals surface area contributed by atoms with Gasteiger partial charge in [-0.3, -0.25) is 14.4 Å². The number of para-hydroxylation sites is 1. The standard InChI is InChI=1S/C37H55N3O4S/c1-9-20-38(27-18-14-13-15-19-27)32(42)29-28-24-26(3)37(45-28)30(29)33(43)39(22-16-11-12-17-23-41)31(37)34(44)40(21-10-2)36(7,8)25-35(4,5)6/h9-10,13-15,18-19,26,28-31,41H,1-2,11-12,16-17,20-25H2,3-8H3/t26?,28-,29+,30-,31?,37?/m0/s1. The summed E-state index contributed by atoms with van der Waals surface area (Å²) in [5.74, 6) is -1.13. The Balaban J connectivity index is 1.78. The predicted molar refractivity (Wildman–Crippen MR) is 185 cm³/mol. The molecule has 45 heavy (non-hydrogen) atoms. The Morgan fingerprint density at radius 1 is 1.02 bits per heavy atom. The molecule has 3 saturated heterocycles. The number of hydrogen-bond acceptors (Lipinski definition) is 5. The molecule has 3 aliphatic rings. The van der Waals surface area contributed by atoms with Gasteiger partial charge >= 0.3 is 0 Å². The van der Waals surface area contributed by atoms with Gasteiger partial charge < -0.3 is 19.8 Å². The smallest absolute Gasteiger partial charge is 0.247 e. The second-order valence-corrected chi connectivity index (χ2v) is 16.6. The van der Waals surface area contributed by atoms with Crippen LogP contribution in [-0.2, 0) is 14.4 Å². The van der Waals surface area contributed by atoms with Gasteiger partial charge in [0.05, 0.1) is 16.6 Å². The van der Waals surface area contributed by atoms with Crippen LogP contribution in [0.4, 0.5) is 5.69 Å². The van der Waals surface area contributed by atoms with E-state index in [4.69, 9.17) is 0 Å². The fourth-order valence-electron chi connectivity index (χ4n) is 8.61. The highest BCUT2D eigenvalue weighted by molar-refractivity contribution is 8.02. The first kappa shape index (κ1) is 35.3. The zero-order valence-corrected chi connectivity index (χ0v) is 29.2. The molecule has 1 aromatic carbocycles. The molecule has 1 N–H and O–H groups in total. The van der Waals surface area contributed by atoms with E-state index in [0.717, 1.165) is 44.2 Å². The number of aliphatic hydroxyl groups excluding tert-OH is 1. The molecule has 3 fully saturated rings. The molecule has 0 aromatic heterocycles. The number of thioether (sulfide) groups is 1. The lowest BCUT2D eigenvalue weighted by Gasteiger charge is -2.47. The first-order valence-electron chi connectivity index (χ1n) is 16.7. The number of aliphatic hydroxyl groups is 1. The first-order valence-corrected chi connectivity index (χ1v) is 17.6. The highest BCUT2D eigenvalue weighted by Crippen LogP contribution is 2.69. The molecule has 4 rings (SSSR count). The van der Waals surface area contributed by atoms with Gasteiger partial charge in [-0.1, -0.05) is 70.9 Å². The van der Waals surface area contributed by atoms with Crippen LogP contribution < -0.4 is 4.90 Å². The normalized spacial score (nSPS) is 27.4. The van der Waals surface area contributed by atoms with Crippen molar-refractivity contribution in [2.24, 2.45) is 23.2 Å². The van der Waals surface area contributed by atoms with Crippen LogP contribution in [0.15, 0.2) is 55.6 Å². The number of hydrogen-bond donors (Lipinski definition) is 1. The molecule has 3 amide bonds. The van der Waals surface area contributed by atoms with Gasteiger partial charge in [0.15, 0.2) is 0 Å². The number of nitrogens with zero attached hydrogens (tertiary/aromatic N) is 3. The summed E-state index contributed by atoms with van der Waals surface area (Å²) < 4.78 is -0.683. The van der Waals surface area contributed by atoms with Gasteiger partial charge in [-0.2, -0.15) is 0 Å². The molecule has 0 aliphatic carbocycles. The minimum atomic E-state index is -0.683. The average molecular weight is 638 g/mol. The molecule has 7 nitrogen and oxygen atoms in total. The topological polar surface area (TPSA) is 81.2 Å². The average Bonchev–Trinajstić information content (AvgIpc) is 3.56. The summed E-state index contributed by atoms with van der Waals surface area (Å²) in [4.78, 5) is 49.9. The van der Waals surface area contributed by atoms with Crippen molar-refractivity contribution in [2.75, 3.05) is 31.1 Å². The summed E-state index contributed by atoms with van der Waals surface area (Å²) in [5.41, 5.74) is 0.304. The van der Waals surface area contributed by atoms with Crippen molar-refractivity contribution in [1.82, 2.24) is 9.80 Å². The molecule has 3 unspecified atom stereocenters. The molecule has 0 radical (unpaired) electrons. The van der Waals surface area contributed by atoms with Gasteiger partial charge in [-0.15, -0.1) is 24.9 Å². The third-order valence-corrected chi connectivity index (χ3v) is 12.1. The van der Waals surface area contributed by atoms with E-state index in [0.29, 0.717) is 19.6 Å².